The van der Waals surface area contributed by atoms with Crippen molar-refractivity contribution in [3.05, 3.63) is 29.8 Å². The first-order valence-electron chi connectivity index (χ1n) is 9.02. The Labute approximate surface area is 165 Å². The van der Waals surface area contributed by atoms with E-state index in [4.69, 9.17) is 4.74 Å². The third kappa shape index (κ3) is 4.83. The Balaban J connectivity index is 2.32. The molecular weight excluding hydrogens is 388 g/mol. The molecule has 1 amide bonds. The molecule has 0 N–H and O–H groups in total. The van der Waals surface area contributed by atoms with Crippen molar-refractivity contribution in [1.29, 1.82) is 0 Å². The standard InChI is InChI=1S/C18H26N2O5S2/c1-4-19(5-2)27(23,24)15-9-7-8-14(12-15)17(21)20-10-11-26-13-16(20)18(22)25-6-3/h7-9,12,16H,4-6,10-11,13H2,1-3H3. The summed E-state index contributed by atoms with van der Waals surface area (Å²) in [6.07, 6.45) is 0. The topological polar surface area (TPSA) is 84.0 Å². The summed E-state index contributed by atoms with van der Waals surface area (Å²) in [6.45, 7) is 6.63. The Morgan fingerprint density at radius 3 is 2.59 bits per heavy atom. The molecule has 1 aromatic rings. The number of hydrogen-bond donors (Lipinski definition) is 0. The summed E-state index contributed by atoms with van der Waals surface area (Å²) in [6, 6.07) is 5.35. The lowest BCUT2D eigenvalue weighted by Gasteiger charge is -2.33. The average Bonchev–Trinajstić information content (AvgIpc) is 2.68. The molecular formula is C18H26N2O5S2. The minimum Gasteiger partial charge on any atom is -0.464 e. The molecule has 0 bridgehead atoms. The monoisotopic (exact) mass is 414 g/mol. The molecule has 1 aliphatic rings. The summed E-state index contributed by atoms with van der Waals surface area (Å²) in [7, 11) is -3.66. The van der Waals surface area contributed by atoms with Gasteiger partial charge < -0.3 is 9.64 Å². The number of esters is 1. The lowest BCUT2D eigenvalue weighted by molar-refractivity contribution is -0.147. The third-order valence-electron chi connectivity index (χ3n) is 4.37. The van der Waals surface area contributed by atoms with Crippen LogP contribution in [0.5, 0.6) is 0 Å². The number of hydrogen-bond acceptors (Lipinski definition) is 6. The molecule has 1 unspecified atom stereocenters. The number of thioether (sulfide) groups is 1. The quantitative estimate of drug-likeness (QED) is 0.633. The van der Waals surface area contributed by atoms with E-state index in [9.17, 15) is 18.0 Å². The first kappa shape index (κ1) is 21.7. The Bertz CT molecular complexity index is 778. The van der Waals surface area contributed by atoms with Gasteiger partial charge in [-0.1, -0.05) is 19.9 Å². The molecule has 7 nitrogen and oxygen atoms in total. The van der Waals surface area contributed by atoms with Gasteiger partial charge in [0.05, 0.1) is 11.5 Å². The number of carbonyl (C=O) groups is 2. The summed E-state index contributed by atoms with van der Waals surface area (Å²) in [5.74, 6) is 0.413. The van der Waals surface area contributed by atoms with E-state index in [1.807, 2.05) is 0 Å². The van der Waals surface area contributed by atoms with Crippen molar-refractivity contribution in [2.24, 2.45) is 0 Å². The summed E-state index contributed by atoms with van der Waals surface area (Å²) in [5.41, 5.74) is 0.254. The van der Waals surface area contributed by atoms with Crippen LogP contribution in [0.4, 0.5) is 0 Å². The number of nitrogens with zero attached hydrogens (tertiary/aromatic N) is 2. The average molecular weight is 415 g/mol. The van der Waals surface area contributed by atoms with Crippen LogP contribution in [0.3, 0.4) is 0 Å². The van der Waals surface area contributed by atoms with Crippen LogP contribution in [0.25, 0.3) is 0 Å². The molecule has 2 rings (SSSR count). The molecule has 1 atom stereocenters. The second-order valence-electron chi connectivity index (χ2n) is 5.96. The van der Waals surface area contributed by atoms with E-state index in [0.717, 1.165) is 5.75 Å². The minimum absolute atomic E-state index is 0.0797. The molecule has 150 valence electrons. The van der Waals surface area contributed by atoms with E-state index in [-0.39, 0.29) is 23.0 Å². The van der Waals surface area contributed by atoms with Gasteiger partial charge in [0.1, 0.15) is 6.04 Å². The van der Waals surface area contributed by atoms with Crippen LogP contribution < -0.4 is 0 Å². The van der Waals surface area contributed by atoms with Crippen molar-refractivity contribution in [1.82, 2.24) is 9.21 Å². The van der Waals surface area contributed by atoms with Crippen LogP contribution in [0.2, 0.25) is 0 Å². The van der Waals surface area contributed by atoms with Crippen molar-refractivity contribution < 1.29 is 22.7 Å². The highest BCUT2D eigenvalue weighted by molar-refractivity contribution is 7.99. The van der Waals surface area contributed by atoms with Crippen LogP contribution in [0, 0.1) is 0 Å². The van der Waals surface area contributed by atoms with Crippen LogP contribution in [0.15, 0.2) is 29.2 Å². The van der Waals surface area contributed by atoms with Gasteiger partial charge in [-0.05, 0) is 25.1 Å². The van der Waals surface area contributed by atoms with Gasteiger partial charge in [-0.2, -0.15) is 16.1 Å². The zero-order valence-electron chi connectivity index (χ0n) is 15.9. The van der Waals surface area contributed by atoms with E-state index >= 15 is 0 Å². The third-order valence-corrected chi connectivity index (χ3v) is 7.44. The van der Waals surface area contributed by atoms with Crippen molar-refractivity contribution in [3.8, 4) is 0 Å². The smallest absolute Gasteiger partial charge is 0.329 e. The zero-order chi connectivity index (χ0) is 20.0. The molecule has 27 heavy (non-hydrogen) atoms. The Hall–Kier alpha value is -1.58. The summed E-state index contributed by atoms with van der Waals surface area (Å²) < 4.78 is 31.9. The molecule has 1 fully saturated rings. The van der Waals surface area contributed by atoms with Crippen LogP contribution in [0.1, 0.15) is 31.1 Å². The zero-order valence-corrected chi connectivity index (χ0v) is 17.5. The van der Waals surface area contributed by atoms with Crippen LogP contribution >= 0.6 is 11.8 Å². The summed E-state index contributed by atoms with van der Waals surface area (Å²) in [5, 5.41) is 0. The van der Waals surface area contributed by atoms with Gasteiger partial charge in [0.2, 0.25) is 10.0 Å². The predicted molar refractivity (Wildman–Crippen MR) is 105 cm³/mol. The number of rotatable bonds is 7. The predicted octanol–water partition coefficient (Wildman–Crippen LogP) is 1.84. The largest absolute Gasteiger partial charge is 0.464 e. The first-order valence-corrected chi connectivity index (χ1v) is 11.6. The summed E-state index contributed by atoms with van der Waals surface area (Å²) >= 11 is 1.59. The fraction of sp³-hybridized carbons (Fsp3) is 0.556. The molecule has 9 heteroatoms. The molecule has 0 aliphatic carbocycles. The van der Waals surface area contributed by atoms with Gasteiger partial charge in [0.15, 0.2) is 0 Å². The fourth-order valence-corrected chi connectivity index (χ4v) is 5.48. The van der Waals surface area contributed by atoms with Gasteiger partial charge in [-0.25, -0.2) is 13.2 Å². The van der Waals surface area contributed by atoms with E-state index in [1.54, 1.807) is 44.7 Å². The molecule has 1 saturated heterocycles. The highest BCUT2D eigenvalue weighted by Gasteiger charge is 2.34. The van der Waals surface area contributed by atoms with Crippen molar-refractivity contribution in [2.75, 3.05) is 37.7 Å². The molecule has 1 heterocycles. The molecule has 0 saturated carbocycles. The first-order chi connectivity index (χ1) is 12.9. The Morgan fingerprint density at radius 1 is 1.26 bits per heavy atom. The lowest BCUT2D eigenvalue weighted by Crippen LogP contribution is -2.51. The van der Waals surface area contributed by atoms with Gasteiger partial charge >= 0.3 is 5.97 Å². The van der Waals surface area contributed by atoms with E-state index in [1.165, 1.54) is 21.3 Å². The second kappa shape index (κ2) is 9.57. The summed E-state index contributed by atoms with van der Waals surface area (Å²) in [4.78, 5) is 26.8. The second-order valence-corrected chi connectivity index (χ2v) is 9.05. The van der Waals surface area contributed by atoms with Crippen molar-refractivity contribution in [2.45, 2.75) is 31.7 Å². The lowest BCUT2D eigenvalue weighted by atomic mass is 10.1. The Kier molecular flexibility index (Phi) is 7.69. The van der Waals surface area contributed by atoms with E-state index < -0.39 is 22.0 Å². The molecule has 0 spiro atoms. The molecule has 0 radical (unpaired) electrons. The maximum absolute atomic E-state index is 13.0. The molecule has 0 aromatic heterocycles. The number of sulfonamides is 1. The number of benzene rings is 1. The molecule has 1 aromatic carbocycles. The SMILES string of the molecule is CCOC(=O)C1CSCCN1C(=O)c1cccc(S(=O)(=O)N(CC)CC)c1. The van der Waals surface area contributed by atoms with Crippen molar-refractivity contribution >= 4 is 33.7 Å². The normalized spacial score (nSPS) is 17.8. The highest BCUT2D eigenvalue weighted by atomic mass is 32.2. The fourth-order valence-electron chi connectivity index (χ4n) is 2.95. The van der Waals surface area contributed by atoms with Crippen LogP contribution in [-0.2, 0) is 19.6 Å². The van der Waals surface area contributed by atoms with Crippen molar-refractivity contribution in [3.63, 3.8) is 0 Å². The maximum Gasteiger partial charge on any atom is 0.329 e. The van der Waals surface area contributed by atoms with Gasteiger partial charge in [-0.15, -0.1) is 0 Å². The highest BCUT2D eigenvalue weighted by Crippen LogP contribution is 2.22. The van der Waals surface area contributed by atoms with Gasteiger partial charge in [0.25, 0.3) is 5.91 Å². The number of carbonyl (C=O) groups excluding carboxylic acids is 2. The van der Waals surface area contributed by atoms with E-state index in [2.05, 4.69) is 0 Å². The number of ether oxygens (including phenoxy) is 1. The maximum atomic E-state index is 13.0. The molecule has 1 aliphatic heterocycles. The van der Waals surface area contributed by atoms with Crippen LogP contribution in [-0.4, -0.2) is 73.3 Å². The van der Waals surface area contributed by atoms with Gasteiger partial charge in [-0.3, -0.25) is 4.79 Å². The number of amides is 1. The Morgan fingerprint density at radius 2 is 1.96 bits per heavy atom. The van der Waals surface area contributed by atoms with E-state index in [0.29, 0.717) is 25.4 Å². The van der Waals surface area contributed by atoms with Gasteiger partial charge in [0, 0.05) is 36.7 Å². The minimum atomic E-state index is -3.66.